The van der Waals surface area contributed by atoms with Gasteiger partial charge in [-0.2, -0.15) is 9.50 Å². The van der Waals surface area contributed by atoms with Crippen molar-refractivity contribution in [3.05, 3.63) is 81.1 Å². The van der Waals surface area contributed by atoms with Crippen LogP contribution in [0.5, 0.6) is 5.75 Å². The molecule has 0 fully saturated rings. The summed E-state index contributed by atoms with van der Waals surface area (Å²) in [7, 11) is 0. The molecule has 0 saturated heterocycles. The second-order valence-electron chi connectivity index (χ2n) is 7.27. The van der Waals surface area contributed by atoms with E-state index < -0.39 is 0 Å². The third kappa shape index (κ3) is 5.27. The molecular weight excluding hydrogens is 406 g/mol. The molecule has 0 aliphatic carbocycles. The molecule has 0 bridgehead atoms. The number of nitrogens with zero attached hydrogens (tertiary/aromatic N) is 3. The molecule has 4 aromatic rings. The van der Waals surface area contributed by atoms with Gasteiger partial charge in [0.25, 0.3) is 5.56 Å². The van der Waals surface area contributed by atoms with Crippen LogP contribution in [0.3, 0.4) is 0 Å². The lowest BCUT2D eigenvalue weighted by Gasteiger charge is -2.06. The standard InChI is InChI=1S/C25H25N3O2S/c1-2-3-4-8-18-30-21-16-14-20(15-17-21)23-26-25-28(27-23)24(29)22(31-25)13-9-12-19-10-6-5-7-11-19/h5-7,9-17H,2-4,8,18H2,1H3. The van der Waals surface area contributed by atoms with E-state index in [2.05, 4.69) is 17.0 Å². The molecule has 0 atom stereocenters. The second-order valence-corrected chi connectivity index (χ2v) is 8.28. The van der Waals surface area contributed by atoms with Crippen molar-refractivity contribution in [1.29, 1.82) is 0 Å². The fourth-order valence-corrected chi connectivity index (χ4v) is 4.06. The summed E-state index contributed by atoms with van der Waals surface area (Å²) in [6.07, 6.45) is 10.4. The predicted molar refractivity (Wildman–Crippen MR) is 127 cm³/mol. The molecule has 2 aromatic carbocycles. The zero-order valence-electron chi connectivity index (χ0n) is 17.5. The number of hydrogen-bond donors (Lipinski definition) is 0. The maximum absolute atomic E-state index is 12.6. The van der Waals surface area contributed by atoms with Gasteiger partial charge in [-0.3, -0.25) is 4.79 Å². The summed E-state index contributed by atoms with van der Waals surface area (Å²) in [4.78, 5) is 17.8. The number of fused-ring (bicyclic) bond motifs is 1. The smallest absolute Gasteiger partial charge is 0.291 e. The van der Waals surface area contributed by atoms with Gasteiger partial charge < -0.3 is 4.74 Å². The van der Waals surface area contributed by atoms with Crippen molar-refractivity contribution < 1.29 is 4.74 Å². The van der Waals surface area contributed by atoms with Crippen LogP contribution in [0.2, 0.25) is 0 Å². The van der Waals surface area contributed by atoms with Gasteiger partial charge in [-0.1, -0.05) is 80.0 Å². The summed E-state index contributed by atoms with van der Waals surface area (Å²) in [6, 6.07) is 17.7. The third-order valence-electron chi connectivity index (χ3n) is 4.90. The first-order valence-electron chi connectivity index (χ1n) is 10.6. The van der Waals surface area contributed by atoms with Crippen molar-refractivity contribution in [1.82, 2.24) is 14.6 Å². The highest BCUT2D eigenvalue weighted by atomic mass is 32.1. The Bertz CT molecular complexity index is 1260. The van der Waals surface area contributed by atoms with Gasteiger partial charge in [0.05, 0.1) is 11.1 Å². The SMILES string of the molecule is CCCCCCOc1ccc(-c2nc3sc(=CC=Cc4ccccc4)c(=O)n3n2)cc1. The van der Waals surface area contributed by atoms with Gasteiger partial charge in [0.1, 0.15) is 5.75 Å². The van der Waals surface area contributed by atoms with E-state index in [4.69, 9.17) is 4.74 Å². The van der Waals surface area contributed by atoms with Crippen LogP contribution in [0.1, 0.15) is 38.2 Å². The maximum atomic E-state index is 12.6. The number of benzene rings is 2. The van der Waals surface area contributed by atoms with Crippen LogP contribution < -0.4 is 14.8 Å². The lowest BCUT2D eigenvalue weighted by Crippen LogP contribution is -2.23. The average Bonchev–Trinajstić information content (AvgIpc) is 3.34. The first-order chi connectivity index (χ1) is 15.2. The van der Waals surface area contributed by atoms with Crippen molar-refractivity contribution in [3.8, 4) is 17.1 Å². The highest BCUT2D eigenvalue weighted by Crippen LogP contribution is 2.20. The normalized spacial score (nSPS) is 12.2. The van der Waals surface area contributed by atoms with Crippen molar-refractivity contribution >= 4 is 28.4 Å². The summed E-state index contributed by atoms with van der Waals surface area (Å²) < 4.78 is 7.77. The molecule has 2 heterocycles. The van der Waals surface area contributed by atoms with Gasteiger partial charge in [0, 0.05) is 5.56 Å². The molecule has 0 aliphatic heterocycles. The van der Waals surface area contributed by atoms with Crippen LogP contribution in [0.25, 0.3) is 28.5 Å². The van der Waals surface area contributed by atoms with Crippen LogP contribution in [0.15, 0.2) is 65.5 Å². The fourth-order valence-electron chi connectivity index (χ4n) is 3.20. The number of ether oxygens (including phenoxy) is 1. The Morgan fingerprint density at radius 3 is 2.58 bits per heavy atom. The zero-order valence-corrected chi connectivity index (χ0v) is 18.3. The number of unbranched alkanes of at least 4 members (excludes halogenated alkanes) is 3. The monoisotopic (exact) mass is 431 g/mol. The van der Waals surface area contributed by atoms with Crippen LogP contribution >= 0.6 is 11.3 Å². The van der Waals surface area contributed by atoms with E-state index in [0.29, 0.717) is 15.3 Å². The molecule has 2 aromatic heterocycles. The topological polar surface area (TPSA) is 56.5 Å². The van der Waals surface area contributed by atoms with E-state index in [9.17, 15) is 4.79 Å². The molecule has 4 rings (SSSR count). The van der Waals surface area contributed by atoms with Crippen molar-refractivity contribution in [2.75, 3.05) is 6.61 Å². The van der Waals surface area contributed by atoms with E-state index in [1.165, 1.54) is 35.1 Å². The minimum Gasteiger partial charge on any atom is -0.494 e. The lowest BCUT2D eigenvalue weighted by molar-refractivity contribution is 0.305. The minimum absolute atomic E-state index is 0.150. The summed E-state index contributed by atoms with van der Waals surface area (Å²) in [5.41, 5.74) is 1.80. The van der Waals surface area contributed by atoms with Gasteiger partial charge >= 0.3 is 0 Å². The van der Waals surface area contributed by atoms with E-state index in [1.54, 1.807) is 0 Å². The highest BCUT2D eigenvalue weighted by Gasteiger charge is 2.11. The summed E-state index contributed by atoms with van der Waals surface area (Å²) in [5.74, 6) is 1.39. The first kappa shape index (κ1) is 21.0. The van der Waals surface area contributed by atoms with Gasteiger partial charge in [-0.05, 0) is 42.3 Å². The summed E-state index contributed by atoms with van der Waals surface area (Å²) >= 11 is 1.34. The van der Waals surface area contributed by atoms with Crippen molar-refractivity contribution in [2.24, 2.45) is 0 Å². The lowest BCUT2D eigenvalue weighted by atomic mass is 10.2. The Hall–Kier alpha value is -3.25. The van der Waals surface area contributed by atoms with E-state index in [-0.39, 0.29) is 5.56 Å². The molecule has 158 valence electrons. The molecule has 0 N–H and O–H groups in total. The van der Waals surface area contributed by atoms with Crippen molar-refractivity contribution in [2.45, 2.75) is 32.6 Å². The predicted octanol–water partition coefficient (Wildman–Crippen LogP) is 4.99. The van der Waals surface area contributed by atoms with Gasteiger partial charge in [-0.15, -0.1) is 5.10 Å². The molecule has 0 radical (unpaired) electrons. The molecule has 31 heavy (non-hydrogen) atoms. The van der Waals surface area contributed by atoms with Crippen LogP contribution in [0.4, 0.5) is 0 Å². The van der Waals surface area contributed by atoms with E-state index in [0.717, 1.165) is 29.9 Å². The molecular formula is C25H25N3O2S. The maximum Gasteiger partial charge on any atom is 0.291 e. The summed E-state index contributed by atoms with van der Waals surface area (Å²) in [6.45, 7) is 2.93. The Labute approximate surface area is 185 Å². The number of hydrogen-bond acceptors (Lipinski definition) is 5. The van der Waals surface area contributed by atoms with E-state index in [1.807, 2.05) is 72.8 Å². The quantitative estimate of drug-likeness (QED) is 0.350. The van der Waals surface area contributed by atoms with Crippen LogP contribution in [0, 0.1) is 0 Å². The first-order valence-corrected chi connectivity index (χ1v) is 11.4. The fraction of sp³-hybridized carbons (Fsp3) is 0.240. The number of aromatic nitrogens is 3. The van der Waals surface area contributed by atoms with Gasteiger partial charge in [0.15, 0.2) is 5.82 Å². The molecule has 0 unspecified atom stereocenters. The average molecular weight is 432 g/mol. The Balaban J connectivity index is 1.46. The molecule has 0 saturated carbocycles. The number of thiazole rings is 1. The third-order valence-corrected chi connectivity index (χ3v) is 5.87. The molecule has 6 heteroatoms. The van der Waals surface area contributed by atoms with Gasteiger partial charge in [-0.25, -0.2) is 0 Å². The Kier molecular flexibility index (Phi) is 6.89. The van der Waals surface area contributed by atoms with Gasteiger partial charge in [0.2, 0.25) is 4.96 Å². The molecule has 0 spiro atoms. The number of rotatable bonds is 9. The van der Waals surface area contributed by atoms with Crippen molar-refractivity contribution in [3.63, 3.8) is 0 Å². The van der Waals surface area contributed by atoms with E-state index >= 15 is 0 Å². The largest absolute Gasteiger partial charge is 0.494 e. The highest BCUT2D eigenvalue weighted by molar-refractivity contribution is 7.15. The molecule has 0 aliphatic rings. The Morgan fingerprint density at radius 2 is 1.84 bits per heavy atom. The van der Waals surface area contributed by atoms with Crippen LogP contribution in [-0.4, -0.2) is 21.2 Å². The minimum atomic E-state index is -0.150. The van der Waals surface area contributed by atoms with Crippen LogP contribution in [-0.2, 0) is 0 Å². The number of allylic oxidation sites excluding steroid dienone is 1. The second kappa shape index (κ2) is 10.2. The Morgan fingerprint density at radius 1 is 1.03 bits per heavy atom. The molecule has 0 amide bonds. The molecule has 5 nitrogen and oxygen atoms in total. The zero-order chi connectivity index (χ0) is 21.5. The summed E-state index contributed by atoms with van der Waals surface area (Å²) in [5, 5.41) is 4.41.